The van der Waals surface area contributed by atoms with Gasteiger partial charge < -0.3 is 9.84 Å². The molecule has 0 fully saturated rings. The van der Waals surface area contributed by atoms with E-state index in [0.717, 1.165) is 0 Å². The van der Waals surface area contributed by atoms with Crippen LogP contribution in [0.25, 0.3) is 0 Å². The number of fused-ring (bicyclic) bond motifs is 1. The summed E-state index contributed by atoms with van der Waals surface area (Å²) in [5.74, 6) is -3.29. The number of carbonyl (C=O) groups is 2. The first-order chi connectivity index (χ1) is 7.92. The van der Waals surface area contributed by atoms with Gasteiger partial charge in [0.25, 0.3) is 0 Å². The molecule has 1 heterocycles. The van der Waals surface area contributed by atoms with Gasteiger partial charge in [0.05, 0.1) is 5.69 Å². The maximum atomic E-state index is 13.2. The van der Waals surface area contributed by atoms with Crippen LogP contribution in [0.2, 0.25) is 0 Å². The zero-order valence-electron chi connectivity index (χ0n) is 8.39. The molecule has 90 valence electrons. The third-order valence-electron chi connectivity index (χ3n) is 2.18. The van der Waals surface area contributed by atoms with Crippen LogP contribution < -0.4 is 9.64 Å². The number of para-hydroxylation sites is 2. The molecule has 1 aromatic carbocycles. The SMILES string of the molecule is O=C(O)CN1C(=O)C(F)(F)Oc2ccccc21. The summed E-state index contributed by atoms with van der Waals surface area (Å²) in [5.41, 5.74) is 0.0193. The number of hydrogen-bond acceptors (Lipinski definition) is 3. The van der Waals surface area contributed by atoms with Crippen molar-refractivity contribution in [2.45, 2.75) is 6.11 Å². The number of aliphatic carboxylic acids is 1. The molecular weight excluding hydrogens is 236 g/mol. The summed E-state index contributed by atoms with van der Waals surface area (Å²) in [6.45, 7) is -0.838. The standard InChI is InChI=1S/C10H7F2NO4/c11-10(12)9(16)13(5-8(14)15)6-3-1-2-4-7(6)17-10/h1-4H,5H2,(H,14,15). The third-order valence-corrected chi connectivity index (χ3v) is 2.18. The van der Waals surface area contributed by atoms with Gasteiger partial charge in [-0.15, -0.1) is 0 Å². The number of benzene rings is 1. The lowest BCUT2D eigenvalue weighted by Gasteiger charge is -2.32. The molecule has 1 aromatic rings. The molecule has 7 heteroatoms. The number of halogens is 2. The lowest BCUT2D eigenvalue weighted by atomic mass is 10.2. The second-order valence-electron chi connectivity index (χ2n) is 3.37. The van der Waals surface area contributed by atoms with E-state index in [1.54, 1.807) is 0 Å². The summed E-state index contributed by atoms with van der Waals surface area (Å²) >= 11 is 0. The highest BCUT2D eigenvalue weighted by molar-refractivity contribution is 6.03. The number of carboxylic acid groups (broad SMARTS) is 1. The average molecular weight is 243 g/mol. The van der Waals surface area contributed by atoms with E-state index >= 15 is 0 Å². The lowest BCUT2D eigenvalue weighted by molar-refractivity contribution is -0.193. The number of ether oxygens (including phenoxy) is 1. The molecule has 1 N–H and O–H groups in total. The predicted octanol–water partition coefficient (Wildman–Crippen LogP) is 1.09. The van der Waals surface area contributed by atoms with Crippen LogP contribution in [0.1, 0.15) is 0 Å². The second-order valence-corrected chi connectivity index (χ2v) is 3.37. The molecule has 1 aliphatic heterocycles. The van der Waals surface area contributed by atoms with E-state index in [1.165, 1.54) is 24.3 Å². The van der Waals surface area contributed by atoms with E-state index in [4.69, 9.17) is 5.11 Å². The molecule has 0 atom stereocenters. The van der Waals surface area contributed by atoms with Crippen LogP contribution in [-0.4, -0.2) is 29.6 Å². The fraction of sp³-hybridized carbons (Fsp3) is 0.200. The number of rotatable bonds is 2. The highest BCUT2D eigenvalue weighted by Gasteiger charge is 2.50. The number of alkyl halides is 2. The van der Waals surface area contributed by atoms with Gasteiger partial charge in [0.15, 0.2) is 5.75 Å². The van der Waals surface area contributed by atoms with Crippen LogP contribution in [0.4, 0.5) is 14.5 Å². The first-order valence-electron chi connectivity index (χ1n) is 4.61. The van der Waals surface area contributed by atoms with Crippen molar-refractivity contribution < 1.29 is 28.2 Å². The summed E-state index contributed by atoms with van der Waals surface area (Å²) in [4.78, 5) is 22.4. The Kier molecular flexibility index (Phi) is 2.45. The molecule has 0 bridgehead atoms. The maximum Gasteiger partial charge on any atom is 0.482 e. The Morgan fingerprint density at radius 2 is 2.06 bits per heavy atom. The van der Waals surface area contributed by atoms with E-state index in [0.29, 0.717) is 4.90 Å². The van der Waals surface area contributed by atoms with Crippen molar-refractivity contribution >= 4 is 17.6 Å². The van der Waals surface area contributed by atoms with Crippen LogP contribution >= 0.6 is 0 Å². The molecule has 0 aliphatic carbocycles. The highest BCUT2D eigenvalue weighted by Crippen LogP contribution is 2.38. The summed E-state index contributed by atoms with van der Waals surface area (Å²) in [7, 11) is 0. The molecule has 0 radical (unpaired) electrons. The largest absolute Gasteiger partial charge is 0.482 e. The van der Waals surface area contributed by atoms with Gasteiger partial charge in [-0.3, -0.25) is 14.5 Å². The number of nitrogens with zero attached hydrogens (tertiary/aromatic N) is 1. The molecule has 0 aromatic heterocycles. The molecule has 17 heavy (non-hydrogen) atoms. The number of anilines is 1. The zero-order valence-corrected chi connectivity index (χ0v) is 8.39. The van der Waals surface area contributed by atoms with Crippen molar-refractivity contribution in [1.29, 1.82) is 0 Å². The minimum Gasteiger partial charge on any atom is -0.480 e. The lowest BCUT2D eigenvalue weighted by Crippen LogP contribution is -2.52. The number of carboxylic acids is 1. The predicted molar refractivity (Wildman–Crippen MR) is 52.0 cm³/mol. The average Bonchev–Trinajstić information content (AvgIpc) is 2.24. The normalized spacial score (nSPS) is 17.3. The van der Waals surface area contributed by atoms with Crippen LogP contribution in [0, 0.1) is 0 Å². The molecule has 0 saturated carbocycles. The molecule has 5 nitrogen and oxygen atoms in total. The first kappa shape index (κ1) is 11.3. The minimum atomic E-state index is -4.04. The second kappa shape index (κ2) is 3.69. The van der Waals surface area contributed by atoms with E-state index in [-0.39, 0.29) is 11.4 Å². The third kappa shape index (κ3) is 1.91. The fourth-order valence-corrected chi connectivity index (χ4v) is 1.51. The number of carbonyl (C=O) groups excluding carboxylic acids is 1. The van der Waals surface area contributed by atoms with Crippen molar-refractivity contribution in [2.24, 2.45) is 0 Å². The van der Waals surface area contributed by atoms with Gasteiger partial charge in [-0.25, -0.2) is 0 Å². The van der Waals surface area contributed by atoms with Gasteiger partial charge in [-0.1, -0.05) is 12.1 Å². The van der Waals surface area contributed by atoms with Crippen molar-refractivity contribution in [3.05, 3.63) is 24.3 Å². The van der Waals surface area contributed by atoms with Crippen molar-refractivity contribution in [1.82, 2.24) is 0 Å². The van der Waals surface area contributed by atoms with Gasteiger partial charge in [0.2, 0.25) is 0 Å². The Morgan fingerprint density at radius 3 is 2.71 bits per heavy atom. The summed E-state index contributed by atoms with van der Waals surface area (Å²) < 4.78 is 30.6. The van der Waals surface area contributed by atoms with Crippen molar-refractivity contribution in [3.8, 4) is 5.75 Å². The highest BCUT2D eigenvalue weighted by atomic mass is 19.3. The van der Waals surface area contributed by atoms with Crippen LogP contribution in [0.5, 0.6) is 5.75 Å². The molecule has 2 rings (SSSR count). The molecular formula is C10H7F2NO4. The summed E-state index contributed by atoms with van der Waals surface area (Å²) in [6.07, 6.45) is -4.04. The monoisotopic (exact) mass is 243 g/mol. The van der Waals surface area contributed by atoms with Gasteiger partial charge in [0.1, 0.15) is 6.54 Å². The number of amides is 1. The van der Waals surface area contributed by atoms with Crippen LogP contribution in [0.15, 0.2) is 24.3 Å². The maximum absolute atomic E-state index is 13.2. The Bertz CT molecular complexity index is 489. The van der Waals surface area contributed by atoms with Gasteiger partial charge in [0, 0.05) is 0 Å². The summed E-state index contributed by atoms with van der Waals surface area (Å²) in [6, 6.07) is 5.52. The van der Waals surface area contributed by atoms with Gasteiger partial charge in [-0.05, 0) is 12.1 Å². The Labute approximate surface area is 94.2 Å². The van der Waals surface area contributed by atoms with Crippen molar-refractivity contribution in [3.63, 3.8) is 0 Å². The number of hydrogen-bond donors (Lipinski definition) is 1. The van der Waals surface area contributed by atoms with E-state index in [1.807, 2.05) is 0 Å². The smallest absolute Gasteiger partial charge is 0.480 e. The van der Waals surface area contributed by atoms with E-state index in [9.17, 15) is 18.4 Å². The Balaban J connectivity index is 2.48. The minimum absolute atomic E-state index is 0.0193. The molecule has 0 spiro atoms. The van der Waals surface area contributed by atoms with E-state index < -0.39 is 24.5 Å². The van der Waals surface area contributed by atoms with Crippen molar-refractivity contribution in [2.75, 3.05) is 11.4 Å². The van der Waals surface area contributed by atoms with Gasteiger partial charge in [-0.2, -0.15) is 8.78 Å². The fourth-order valence-electron chi connectivity index (χ4n) is 1.51. The quantitative estimate of drug-likeness (QED) is 0.844. The topological polar surface area (TPSA) is 66.8 Å². The molecule has 0 unspecified atom stereocenters. The first-order valence-corrected chi connectivity index (χ1v) is 4.61. The Hall–Kier alpha value is -2.18. The van der Waals surface area contributed by atoms with Crippen LogP contribution in [-0.2, 0) is 9.59 Å². The van der Waals surface area contributed by atoms with Gasteiger partial charge >= 0.3 is 18.0 Å². The Morgan fingerprint density at radius 1 is 1.41 bits per heavy atom. The molecule has 1 amide bonds. The van der Waals surface area contributed by atoms with Crippen LogP contribution in [0.3, 0.4) is 0 Å². The molecule has 1 aliphatic rings. The molecule has 0 saturated heterocycles. The van der Waals surface area contributed by atoms with E-state index in [2.05, 4.69) is 4.74 Å². The zero-order chi connectivity index (χ0) is 12.6. The summed E-state index contributed by atoms with van der Waals surface area (Å²) in [5, 5.41) is 8.60.